The van der Waals surface area contributed by atoms with Crippen LogP contribution in [-0.4, -0.2) is 100 Å². The second-order valence-corrected chi connectivity index (χ2v) is 17.4. The molecule has 7 atom stereocenters. The van der Waals surface area contributed by atoms with E-state index in [0.717, 1.165) is 33.4 Å². The van der Waals surface area contributed by atoms with Gasteiger partial charge in [-0.2, -0.15) is 5.26 Å². The molecule has 2 saturated heterocycles. The maximum absolute atomic E-state index is 15.0. The number of hydrogen-bond acceptors (Lipinski definition) is 15. The number of nitriles is 1. The molecule has 10 rings (SSSR count). The standard InChI is InChI=1S/C46H50N4O10S/c1-9-13-55-33-17-26-11-12-48-46(28(26)18-32(33)53-7)21-61-44-36-35(43-41(58-22-59-43)24(4)40(36)60-25(5)51)31(20-57-45(46)52)50-30(19-47)29-16-27-15-23(3)39(54-8)42(56-14-10-2)34(27)37(38(44)50)49(29)6/h9-10,15,17-18,29-31,37-38,44,48H,1-2,11-14,16,20-22H2,3-8H3/t29-,30-,31-,37-,38+,44+,46+/m0/s1. The second-order valence-electron chi connectivity index (χ2n) is 16.2. The first-order valence-electron chi connectivity index (χ1n) is 20.5. The van der Waals surface area contributed by atoms with Crippen LogP contribution >= 0.6 is 11.8 Å². The molecule has 2 fully saturated rings. The Hall–Kier alpha value is -5.40. The van der Waals surface area contributed by atoms with Crippen molar-refractivity contribution >= 4 is 23.7 Å². The minimum Gasteiger partial charge on any atom is -0.493 e. The number of carbonyl (C=O) groups excluding carboxylic acids is 2. The van der Waals surface area contributed by atoms with Gasteiger partial charge in [-0.15, -0.1) is 11.8 Å². The topological polar surface area (TPSA) is 150 Å². The molecule has 1 N–H and O–H groups in total. The highest BCUT2D eigenvalue weighted by molar-refractivity contribution is 7.99. The lowest BCUT2D eigenvalue weighted by molar-refractivity contribution is -0.157. The zero-order chi connectivity index (χ0) is 42.9. The molecule has 3 aromatic rings. The number of likely N-dealkylation sites (N-methyl/N-ethyl adjacent to an activating group) is 1. The van der Waals surface area contributed by atoms with Crippen LogP contribution in [0.2, 0.25) is 0 Å². The smallest absolute Gasteiger partial charge is 0.331 e. The maximum atomic E-state index is 15.0. The Morgan fingerprint density at radius 2 is 1.77 bits per heavy atom. The van der Waals surface area contributed by atoms with Crippen LogP contribution in [-0.2, 0) is 32.7 Å². The fraction of sp³-hybridized carbons (Fsp3) is 0.457. The predicted molar refractivity (Wildman–Crippen MR) is 226 cm³/mol. The number of nitrogens with one attached hydrogen (secondary N) is 1. The third-order valence-electron chi connectivity index (χ3n) is 13.1. The number of methoxy groups -OCH3 is 2. The molecule has 15 heteroatoms. The maximum Gasteiger partial charge on any atom is 0.331 e. The lowest BCUT2D eigenvalue weighted by Crippen LogP contribution is -2.69. The Bertz CT molecular complexity index is 2400. The fourth-order valence-corrected chi connectivity index (χ4v) is 12.4. The molecule has 4 bridgehead atoms. The highest BCUT2D eigenvalue weighted by Gasteiger charge is 2.62. The van der Waals surface area contributed by atoms with Gasteiger partial charge in [0.15, 0.2) is 40.0 Å². The first kappa shape index (κ1) is 41.0. The second kappa shape index (κ2) is 15.8. The summed E-state index contributed by atoms with van der Waals surface area (Å²) in [5.41, 5.74) is 5.33. The number of piperazine rings is 1. The normalized spacial score (nSPS) is 27.0. The van der Waals surface area contributed by atoms with Gasteiger partial charge in [0, 0.05) is 53.6 Å². The molecule has 0 amide bonds. The van der Waals surface area contributed by atoms with Crippen molar-refractivity contribution in [2.45, 2.75) is 74.6 Å². The van der Waals surface area contributed by atoms with Gasteiger partial charge >= 0.3 is 11.9 Å². The summed E-state index contributed by atoms with van der Waals surface area (Å²) in [4.78, 5) is 32.7. The third-order valence-corrected chi connectivity index (χ3v) is 14.6. The van der Waals surface area contributed by atoms with Crippen LogP contribution in [0.1, 0.15) is 68.8 Å². The van der Waals surface area contributed by atoms with Crippen molar-refractivity contribution < 1.29 is 47.5 Å². The van der Waals surface area contributed by atoms with Gasteiger partial charge in [-0.25, -0.2) is 4.79 Å². The summed E-state index contributed by atoms with van der Waals surface area (Å²) in [7, 11) is 5.28. The monoisotopic (exact) mass is 850 g/mol. The van der Waals surface area contributed by atoms with Crippen LogP contribution in [0.3, 0.4) is 0 Å². The molecule has 7 aliphatic heterocycles. The van der Waals surface area contributed by atoms with Crippen LogP contribution in [0.15, 0.2) is 43.5 Å². The molecule has 0 unspecified atom stereocenters. The molecule has 7 heterocycles. The number of thioether (sulfide) groups is 1. The summed E-state index contributed by atoms with van der Waals surface area (Å²) in [6, 6.07) is 6.20. The Labute approximate surface area is 359 Å². The molecule has 0 saturated carbocycles. The van der Waals surface area contributed by atoms with Crippen molar-refractivity contribution in [1.29, 1.82) is 5.26 Å². The molecular formula is C46H50N4O10S. The fourth-order valence-electron chi connectivity index (χ4n) is 10.7. The number of hydrogen-bond donors (Lipinski definition) is 1. The van der Waals surface area contributed by atoms with E-state index >= 15 is 4.79 Å². The lowest BCUT2D eigenvalue weighted by atomic mass is 9.71. The summed E-state index contributed by atoms with van der Waals surface area (Å²) < 4.78 is 49.7. The van der Waals surface area contributed by atoms with Gasteiger partial charge in [0.05, 0.1) is 37.6 Å². The third kappa shape index (κ3) is 6.16. The van der Waals surface area contributed by atoms with E-state index in [9.17, 15) is 10.1 Å². The Balaban J connectivity index is 1.32. The zero-order valence-corrected chi connectivity index (χ0v) is 36.1. The molecule has 320 valence electrons. The summed E-state index contributed by atoms with van der Waals surface area (Å²) in [6.07, 6.45) is 4.58. The zero-order valence-electron chi connectivity index (χ0n) is 35.3. The number of rotatable bonds is 9. The van der Waals surface area contributed by atoms with Crippen molar-refractivity contribution in [2.24, 2.45) is 0 Å². The Morgan fingerprint density at radius 1 is 1.00 bits per heavy atom. The summed E-state index contributed by atoms with van der Waals surface area (Å²) in [6.45, 7) is 13.8. The average molecular weight is 851 g/mol. The SMILES string of the molecule is C=CCOc1cc2c(cc1OC)[C@@]1(CS[C@@H]3c4c(OC(C)=O)c(C)c5c(c4[C@H](COC1=O)N1[C@@H]3[C@@H]3c4c(cc(C)c(OC)c4OCC=C)C[C@@H]([C@@H]1C#N)N3C)OCO5)NCC2. The van der Waals surface area contributed by atoms with Crippen molar-refractivity contribution in [3.63, 3.8) is 0 Å². The average Bonchev–Trinajstić information content (AvgIpc) is 3.74. The molecule has 7 aliphatic rings. The number of benzene rings is 3. The molecule has 3 aromatic carbocycles. The van der Waals surface area contributed by atoms with Crippen molar-refractivity contribution in [3.8, 4) is 46.3 Å². The van der Waals surface area contributed by atoms with E-state index in [1.54, 1.807) is 38.1 Å². The molecule has 14 nitrogen and oxygen atoms in total. The molecule has 0 aromatic heterocycles. The van der Waals surface area contributed by atoms with E-state index in [4.69, 9.17) is 37.9 Å². The molecule has 61 heavy (non-hydrogen) atoms. The van der Waals surface area contributed by atoms with E-state index < -0.39 is 40.9 Å². The predicted octanol–water partition coefficient (Wildman–Crippen LogP) is 5.71. The van der Waals surface area contributed by atoms with Gasteiger partial charge in [0.1, 0.15) is 31.6 Å². The van der Waals surface area contributed by atoms with Gasteiger partial charge in [0.25, 0.3) is 0 Å². The Kier molecular flexibility index (Phi) is 10.6. The van der Waals surface area contributed by atoms with Crippen LogP contribution < -0.4 is 38.5 Å². The van der Waals surface area contributed by atoms with Crippen molar-refractivity contribution in [1.82, 2.24) is 15.1 Å². The van der Waals surface area contributed by atoms with Crippen LogP contribution in [0.25, 0.3) is 0 Å². The minimum absolute atomic E-state index is 0.0454. The Morgan fingerprint density at radius 3 is 2.49 bits per heavy atom. The molecule has 1 spiro atoms. The molecule has 0 radical (unpaired) electrons. The van der Waals surface area contributed by atoms with Gasteiger partial charge < -0.3 is 37.9 Å². The minimum atomic E-state index is -1.32. The number of esters is 2. The first-order chi connectivity index (χ1) is 29.5. The van der Waals surface area contributed by atoms with E-state index in [1.807, 2.05) is 26.0 Å². The number of ether oxygens (including phenoxy) is 8. The van der Waals surface area contributed by atoms with Gasteiger partial charge in [-0.05, 0) is 68.1 Å². The molecular weight excluding hydrogens is 801 g/mol. The first-order valence-corrected chi connectivity index (χ1v) is 21.5. The van der Waals surface area contributed by atoms with Gasteiger partial charge in [0.2, 0.25) is 6.79 Å². The van der Waals surface area contributed by atoms with E-state index in [0.29, 0.717) is 70.8 Å². The van der Waals surface area contributed by atoms with Crippen LogP contribution in [0.4, 0.5) is 0 Å². The quantitative estimate of drug-likeness (QED) is 0.159. The van der Waals surface area contributed by atoms with E-state index in [-0.39, 0.29) is 44.5 Å². The van der Waals surface area contributed by atoms with Crippen molar-refractivity contribution in [2.75, 3.05) is 60.2 Å². The summed E-state index contributed by atoms with van der Waals surface area (Å²) in [5.74, 6) is 2.85. The van der Waals surface area contributed by atoms with Crippen LogP contribution in [0, 0.1) is 25.2 Å². The largest absolute Gasteiger partial charge is 0.493 e. The number of fused-ring (bicyclic) bond motifs is 9. The number of aryl methyl sites for hydroxylation is 1. The number of nitrogens with zero attached hydrogens (tertiary/aromatic N) is 3. The van der Waals surface area contributed by atoms with E-state index in [2.05, 4.69) is 47.5 Å². The summed E-state index contributed by atoms with van der Waals surface area (Å²) in [5, 5.41) is 14.4. The summed E-state index contributed by atoms with van der Waals surface area (Å²) >= 11 is 1.55. The molecule has 0 aliphatic carbocycles. The highest BCUT2D eigenvalue weighted by Crippen LogP contribution is 2.65. The lowest BCUT2D eigenvalue weighted by Gasteiger charge is -2.62. The highest BCUT2D eigenvalue weighted by atomic mass is 32.2. The van der Waals surface area contributed by atoms with Gasteiger partial charge in [-0.3, -0.25) is 19.9 Å². The van der Waals surface area contributed by atoms with Gasteiger partial charge in [-0.1, -0.05) is 31.4 Å². The number of carbonyl (C=O) groups is 2. The van der Waals surface area contributed by atoms with Crippen molar-refractivity contribution in [3.05, 3.63) is 88.0 Å². The van der Waals surface area contributed by atoms with Crippen LogP contribution in [0.5, 0.6) is 40.2 Å². The van der Waals surface area contributed by atoms with E-state index in [1.165, 1.54) is 6.92 Å².